The number of benzene rings is 1. The predicted molar refractivity (Wildman–Crippen MR) is 91.8 cm³/mol. The van der Waals surface area contributed by atoms with Gasteiger partial charge in [-0.15, -0.1) is 11.3 Å². The predicted octanol–water partition coefficient (Wildman–Crippen LogP) is 5.95. The zero-order valence-corrected chi connectivity index (χ0v) is 14.2. The van der Waals surface area contributed by atoms with Crippen LogP contribution in [-0.4, -0.2) is 0 Å². The molecule has 3 rings (SSSR count). The summed E-state index contributed by atoms with van der Waals surface area (Å²) < 4.78 is 1.26. The fourth-order valence-corrected chi connectivity index (χ4v) is 4.75. The maximum absolute atomic E-state index is 3.71. The first kappa shape index (κ1) is 14.2. The zero-order valence-electron chi connectivity index (χ0n) is 11.8. The molecule has 1 aromatic carbocycles. The van der Waals surface area contributed by atoms with E-state index in [1.165, 1.54) is 52.7 Å². The number of rotatable bonds is 4. The topological polar surface area (TPSA) is 12.0 Å². The van der Waals surface area contributed by atoms with Crippen LogP contribution in [0.5, 0.6) is 0 Å². The Labute approximate surface area is 133 Å². The van der Waals surface area contributed by atoms with Crippen molar-refractivity contribution in [3.05, 3.63) is 50.1 Å². The Kier molecular flexibility index (Phi) is 4.47. The smallest absolute Gasteiger partial charge is 0.0705 e. The first-order valence-electron chi connectivity index (χ1n) is 7.40. The third-order valence-electron chi connectivity index (χ3n) is 3.92. The van der Waals surface area contributed by atoms with Crippen molar-refractivity contribution in [3.8, 4) is 0 Å². The molecule has 3 heteroatoms. The van der Waals surface area contributed by atoms with Crippen molar-refractivity contribution < 1.29 is 0 Å². The second kappa shape index (κ2) is 6.31. The van der Waals surface area contributed by atoms with Gasteiger partial charge in [-0.25, -0.2) is 0 Å². The van der Waals surface area contributed by atoms with E-state index in [0.717, 1.165) is 0 Å². The fourth-order valence-electron chi connectivity index (χ4n) is 2.93. The normalized spacial score (nSPS) is 17.8. The molecule has 1 atom stereocenters. The molecular weight excluding hydrogens is 330 g/mol. The van der Waals surface area contributed by atoms with Gasteiger partial charge in [-0.2, -0.15) is 0 Å². The highest BCUT2D eigenvalue weighted by Gasteiger charge is 2.22. The number of aryl methyl sites for hydroxylation is 2. The molecule has 2 aromatic rings. The second-order valence-electron chi connectivity index (χ2n) is 5.47. The maximum Gasteiger partial charge on any atom is 0.0705 e. The summed E-state index contributed by atoms with van der Waals surface area (Å²) in [7, 11) is 0. The van der Waals surface area contributed by atoms with Crippen LogP contribution < -0.4 is 5.32 Å². The molecule has 1 unspecified atom stereocenters. The van der Waals surface area contributed by atoms with Gasteiger partial charge in [0.2, 0.25) is 0 Å². The fraction of sp³-hybridized carbons (Fsp3) is 0.412. The number of halogens is 1. The van der Waals surface area contributed by atoms with Crippen molar-refractivity contribution in [1.29, 1.82) is 0 Å². The van der Waals surface area contributed by atoms with E-state index in [-0.39, 0.29) is 0 Å². The summed E-state index contributed by atoms with van der Waals surface area (Å²) in [5, 5.41) is 3.71. The number of thiophene rings is 1. The highest BCUT2D eigenvalue weighted by molar-refractivity contribution is 9.11. The lowest BCUT2D eigenvalue weighted by Crippen LogP contribution is -2.15. The monoisotopic (exact) mass is 349 g/mol. The Hall–Kier alpha value is -0.800. The Morgan fingerprint density at radius 3 is 2.85 bits per heavy atom. The quantitative estimate of drug-likeness (QED) is 0.718. The molecule has 0 fully saturated rings. The summed E-state index contributed by atoms with van der Waals surface area (Å²) >= 11 is 5.51. The molecule has 0 saturated heterocycles. The molecule has 0 aliphatic heterocycles. The molecule has 1 N–H and O–H groups in total. The third kappa shape index (κ3) is 3.09. The van der Waals surface area contributed by atoms with Gasteiger partial charge < -0.3 is 5.32 Å². The molecule has 0 spiro atoms. The molecule has 1 aromatic heterocycles. The van der Waals surface area contributed by atoms with Crippen molar-refractivity contribution in [2.45, 2.75) is 45.1 Å². The van der Waals surface area contributed by atoms with Crippen LogP contribution in [0.15, 0.2) is 34.1 Å². The highest BCUT2D eigenvalue weighted by atomic mass is 79.9. The van der Waals surface area contributed by atoms with Crippen LogP contribution in [0.25, 0.3) is 0 Å². The van der Waals surface area contributed by atoms with Gasteiger partial charge in [-0.3, -0.25) is 0 Å². The largest absolute Gasteiger partial charge is 0.378 e. The maximum atomic E-state index is 3.71. The summed E-state index contributed by atoms with van der Waals surface area (Å²) in [5.74, 6) is 0. The molecule has 0 radical (unpaired) electrons. The van der Waals surface area contributed by atoms with E-state index in [9.17, 15) is 0 Å². The third-order valence-corrected chi connectivity index (χ3v) is 5.63. The van der Waals surface area contributed by atoms with E-state index in [2.05, 4.69) is 58.5 Å². The van der Waals surface area contributed by atoms with Crippen LogP contribution in [0.1, 0.15) is 48.2 Å². The molecule has 1 aliphatic rings. The van der Waals surface area contributed by atoms with Gasteiger partial charge in [0.15, 0.2) is 0 Å². The number of nitrogens with one attached hydrogen (secondary N) is 1. The Morgan fingerprint density at radius 2 is 2.10 bits per heavy atom. The van der Waals surface area contributed by atoms with Gasteiger partial charge in [-0.05, 0) is 70.9 Å². The van der Waals surface area contributed by atoms with E-state index in [1.807, 2.05) is 11.3 Å². The number of hydrogen-bond donors (Lipinski definition) is 1. The van der Waals surface area contributed by atoms with Crippen LogP contribution in [0.2, 0.25) is 0 Å². The Bertz CT molecular complexity index is 573. The first-order chi connectivity index (χ1) is 9.76. The Morgan fingerprint density at radius 1 is 1.30 bits per heavy atom. The minimum Gasteiger partial charge on any atom is -0.378 e. The lowest BCUT2D eigenvalue weighted by molar-refractivity contribution is 0.609. The van der Waals surface area contributed by atoms with E-state index >= 15 is 0 Å². The molecule has 1 nitrogen and oxygen atoms in total. The summed E-state index contributed by atoms with van der Waals surface area (Å²) in [6.45, 7) is 2.23. The van der Waals surface area contributed by atoms with Gasteiger partial charge in [-0.1, -0.05) is 25.5 Å². The van der Waals surface area contributed by atoms with E-state index < -0.39 is 0 Å². The summed E-state index contributed by atoms with van der Waals surface area (Å²) in [5.41, 5.74) is 4.16. The number of anilines is 1. The molecule has 1 aliphatic carbocycles. The summed E-state index contributed by atoms with van der Waals surface area (Å²) in [6, 6.07) is 11.7. The molecule has 20 heavy (non-hydrogen) atoms. The van der Waals surface area contributed by atoms with Crippen molar-refractivity contribution >= 4 is 33.0 Å². The van der Waals surface area contributed by atoms with Crippen LogP contribution in [0.3, 0.4) is 0 Å². The van der Waals surface area contributed by atoms with Crippen molar-refractivity contribution in [1.82, 2.24) is 0 Å². The Balaban J connectivity index is 1.75. The second-order valence-corrected chi connectivity index (χ2v) is 7.98. The van der Waals surface area contributed by atoms with Gasteiger partial charge in [0.05, 0.1) is 9.83 Å². The van der Waals surface area contributed by atoms with E-state index in [4.69, 9.17) is 0 Å². The molecule has 0 bridgehead atoms. The van der Waals surface area contributed by atoms with Gasteiger partial charge in [0, 0.05) is 10.6 Å². The number of fused-ring (bicyclic) bond motifs is 1. The van der Waals surface area contributed by atoms with Crippen LogP contribution in [0.4, 0.5) is 5.69 Å². The molecule has 0 amide bonds. The molecule has 106 valence electrons. The zero-order chi connectivity index (χ0) is 13.9. The van der Waals surface area contributed by atoms with Crippen LogP contribution in [0, 0.1) is 0 Å². The lowest BCUT2D eigenvalue weighted by Gasteiger charge is -2.24. The van der Waals surface area contributed by atoms with Crippen molar-refractivity contribution in [2.24, 2.45) is 0 Å². The van der Waals surface area contributed by atoms with E-state index in [0.29, 0.717) is 6.04 Å². The molecule has 0 saturated carbocycles. The average Bonchev–Trinajstić information content (AvgIpc) is 2.83. The van der Waals surface area contributed by atoms with Gasteiger partial charge in [0.1, 0.15) is 0 Å². The first-order valence-corrected chi connectivity index (χ1v) is 9.01. The van der Waals surface area contributed by atoms with Gasteiger partial charge in [0.25, 0.3) is 0 Å². The van der Waals surface area contributed by atoms with Crippen molar-refractivity contribution in [3.63, 3.8) is 0 Å². The number of hydrogen-bond acceptors (Lipinski definition) is 2. The van der Waals surface area contributed by atoms with E-state index in [1.54, 1.807) is 4.88 Å². The minimum atomic E-state index is 0.471. The van der Waals surface area contributed by atoms with Crippen molar-refractivity contribution in [2.75, 3.05) is 5.32 Å². The van der Waals surface area contributed by atoms with Gasteiger partial charge >= 0.3 is 0 Å². The minimum absolute atomic E-state index is 0.471. The van der Waals surface area contributed by atoms with Crippen LogP contribution >= 0.6 is 27.3 Å². The van der Waals surface area contributed by atoms with Crippen LogP contribution in [-0.2, 0) is 12.8 Å². The molecule has 1 heterocycles. The summed E-state index contributed by atoms with van der Waals surface area (Å²) in [6.07, 6.45) is 6.13. The standard InChI is InChI=1S/C17H20BrNS/c1-2-4-12-7-9-13(10-8-12)19-15-5-3-6-16-14(15)11-17(18)20-16/h7-11,15,19H,2-6H2,1H3. The SMILES string of the molecule is CCCc1ccc(NC2CCCc3sc(Br)cc32)cc1. The average molecular weight is 350 g/mol. The summed E-state index contributed by atoms with van der Waals surface area (Å²) in [4.78, 5) is 1.54. The highest BCUT2D eigenvalue weighted by Crippen LogP contribution is 2.39. The lowest BCUT2D eigenvalue weighted by atomic mass is 9.94. The molecular formula is C17H20BrNS.